The molecule has 0 bridgehead atoms. The Balaban J connectivity index is 2.20. The minimum atomic E-state index is 0.561. The zero-order valence-electron chi connectivity index (χ0n) is 10.5. The molecule has 1 saturated heterocycles. The fraction of sp³-hybridized carbons (Fsp3) is 0.538. The predicted molar refractivity (Wildman–Crippen MR) is 74.8 cm³/mol. The average molecular weight is 254 g/mol. The summed E-state index contributed by atoms with van der Waals surface area (Å²) in [6, 6.07) is 6.35. The van der Waals surface area contributed by atoms with Crippen LogP contribution in [0.3, 0.4) is 0 Å². The molecule has 1 fully saturated rings. The summed E-state index contributed by atoms with van der Waals surface area (Å²) in [5.74, 6) is 0. The molecule has 17 heavy (non-hydrogen) atoms. The summed E-state index contributed by atoms with van der Waals surface area (Å²) in [6.45, 7) is 2.16. The minimum absolute atomic E-state index is 0.561. The molecule has 1 aliphatic rings. The van der Waals surface area contributed by atoms with Gasteiger partial charge in [-0.25, -0.2) is 0 Å². The van der Waals surface area contributed by atoms with E-state index in [-0.39, 0.29) is 0 Å². The molecule has 0 aromatic heterocycles. The highest BCUT2D eigenvalue weighted by atomic mass is 35.5. The second kappa shape index (κ2) is 5.15. The van der Waals surface area contributed by atoms with Gasteiger partial charge in [-0.1, -0.05) is 11.6 Å². The second-order valence-corrected chi connectivity index (χ2v) is 5.37. The number of hydrogen-bond acceptors (Lipinski definition) is 3. The van der Waals surface area contributed by atoms with Gasteiger partial charge in [0.15, 0.2) is 0 Å². The molecule has 1 aromatic carbocycles. The van der Waals surface area contributed by atoms with Crippen LogP contribution in [0.1, 0.15) is 12.8 Å². The van der Waals surface area contributed by atoms with Crippen LogP contribution in [0.15, 0.2) is 18.2 Å². The van der Waals surface area contributed by atoms with E-state index in [9.17, 15) is 0 Å². The lowest BCUT2D eigenvalue weighted by molar-refractivity contribution is 0.372. The molecule has 1 heterocycles. The van der Waals surface area contributed by atoms with Crippen molar-refractivity contribution in [2.24, 2.45) is 0 Å². The van der Waals surface area contributed by atoms with E-state index in [1.54, 1.807) is 0 Å². The second-order valence-electron chi connectivity index (χ2n) is 4.96. The van der Waals surface area contributed by atoms with Crippen LogP contribution in [0.4, 0.5) is 11.4 Å². The van der Waals surface area contributed by atoms with Gasteiger partial charge in [0.05, 0.1) is 10.7 Å². The molecular weight excluding hydrogens is 234 g/mol. The largest absolute Gasteiger partial charge is 0.399 e. The highest BCUT2D eigenvalue weighted by Gasteiger charge is 2.26. The normalized spacial score (nSPS) is 20.2. The zero-order chi connectivity index (χ0) is 12.4. The van der Waals surface area contributed by atoms with Gasteiger partial charge in [0.2, 0.25) is 0 Å². The average Bonchev–Trinajstić information content (AvgIpc) is 2.65. The number of nitrogens with two attached hydrogens (primary N) is 1. The molecule has 1 unspecified atom stereocenters. The third kappa shape index (κ3) is 2.85. The zero-order valence-corrected chi connectivity index (χ0v) is 11.2. The van der Waals surface area contributed by atoms with Gasteiger partial charge in [-0.2, -0.15) is 0 Å². The monoisotopic (exact) mass is 253 g/mol. The van der Waals surface area contributed by atoms with Crippen LogP contribution in [0.25, 0.3) is 0 Å². The van der Waals surface area contributed by atoms with Crippen molar-refractivity contribution in [3.63, 3.8) is 0 Å². The summed E-state index contributed by atoms with van der Waals surface area (Å²) >= 11 is 6.28. The Hall–Kier alpha value is -0.930. The predicted octanol–water partition coefficient (Wildman–Crippen LogP) is 2.45. The highest BCUT2D eigenvalue weighted by molar-refractivity contribution is 6.33. The topological polar surface area (TPSA) is 32.5 Å². The Bertz CT molecular complexity index is 392. The van der Waals surface area contributed by atoms with E-state index in [0.717, 1.165) is 29.5 Å². The minimum Gasteiger partial charge on any atom is -0.399 e. The molecule has 94 valence electrons. The molecule has 0 aliphatic carbocycles. The summed E-state index contributed by atoms with van der Waals surface area (Å²) in [5.41, 5.74) is 7.57. The van der Waals surface area contributed by atoms with E-state index in [1.165, 1.54) is 12.8 Å². The summed E-state index contributed by atoms with van der Waals surface area (Å²) in [6.07, 6.45) is 2.47. The van der Waals surface area contributed by atoms with Crippen LogP contribution in [0, 0.1) is 0 Å². The standard InChI is InChI=1S/C13H20ClN3/c1-16(2)9-11-4-3-7-17(11)13-6-5-10(15)8-12(13)14/h5-6,8,11H,3-4,7,9,15H2,1-2H3. The third-order valence-electron chi connectivity index (χ3n) is 3.23. The summed E-state index contributed by atoms with van der Waals surface area (Å²) < 4.78 is 0. The smallest absolute Gasteiger partial charge is 0.0660 e. The number of benzene rings is 1. The Kier molecular flexibility index (Phi) is 3.79. The lowest BCUT2D eigenvalue weighted by Crippen LogP contribution is -2.37. The van der Waals surface area contributed by atoms with E-state index in [1.807, 2.05) is 18.2 Å². The first kappa shape index (κ1) is 12.5. The molecule has 0 spiro atoms. The maximum absolute atomic E-state index is 6.28. The fourth-order valence-corrected chi connectivity index (χ4v) is 2.82. The van der Waals surface area contributed by atoms with Gasteiger partial charge < -0.3 is 15.5 Å². The van der Waals surface area contributed by atoms with E-state index in [2.05, 4.69) is 23.9 Å². The molecule has 0 amide bonds. The Morgan fingerprint density at radius 3 is 2.88 bits per heavy atom. The van der Waals surface area contributed by atoms with E-state index < -0.39 is 0 Å². The molecule has 2 N–H and O–H groups in total. The maximum atomic E-state index is 6.28. The van der Waals surface area contributed by atoms with Crippen LogP contribution in [-0.4, -0.2) is 38.1 Å². The molecule has 0 radical (unpaired) electrons. The number of anilines is 2. The quantitative estimate of drug-likeness (QED) is 0.840. The molecule has 2 rings (SSSR count). The van der Waals surface area contributed by atoms with E-state index in [0.29, 0.717) is 6.04 Å². The molecule has 3 nitrogen and oxygen atoms in total. The van der Waals surface area contributed by atoms with Gasteiger partial charge >= 0.3 is 0 Å². The number of halogens is 1. The molecule has 4 heteroatoms. The van der Waals surface area contributed by atoms with E-state index >= 15 is 0 Å². The molecule has 1 aliphatic heterocycles. The van der Waals surface area contributed by atoms with Crippen molar-refractivity contribution in [2.45, 2.75) is 18.9 Å². The Morgan fingerprint density at radius 2 is 2.24 bits per heavy atom. The van der Waals surface area contributed by atoms with Gasteiger partial charge in [0.25, 0.3) is 0 Å². The van der Waals surface area contributed by atoms with Crippen LogP contribution in [0.2, 0.25) is 5.02 Å². The first-order valence-electron chi connectivity index (χ1n) is 6.04. The van der Waals surface area contributed by atoms with Crippen LogP contribution >= 0.6 is 11.6 Å². The molecule has 1 aromatic rings. The van der Waals surface area contributed by atoms with Crippen molar-refractivity contribution >= 4 is 23.0 Å². The first-order chi connectivity index (χ1) is 8.08. The van der Waals surface area contributed by atoms with Crippen molar-refractivity contribution in [3.05, 3.63) is 23.2 Å². The van der Waals surface area contributed by atoms with E-state index in [4.69, 9.17) is 17.3 Å². The van der Waals surface area contributed by atoms with Crippen LogP contribution in [0.5, 0.6) is 0 Å². The summed E-state index contributed by atoms with van der Waals surface area (Å²) in [4.78, 5) is 4.63. The van der Waals surface area contributed by atoms with Gasteiger partial charge in [-0.05, 0) is 45.1 Å². The number of nitrogen functional groups attached to an aromatic ring is 1. The lowest BCUT2D eigenvalue weighted by Gasteiger charge is -2.29. The number of likely N-dealkylation sites (N-methyl/N-ethyl adjacent to an activating group) is 1. The number of nitrogens with zero attached hydrogens (tertiary/aromatic N) is 2. The Labute approximate surface area is 108 Å². The molecule has 1 atom stereocenters. The van der Waals surface area contributed by atoms with Gasteiger partial charge in [-0.15, -0.1) is 0 Å². The molecule has 0 saturated carbocycles. The first-order valence-corrected chi connectivity index (χ1v) is 6.42. The molecular formula is C13H20ClN3. The SMILES string of the molecule is CN(C)CC1CCCN1c1ccc(N)cc1Cl. The van der Waals surface area contributed by atoms with Crippen molar-refractivity contribution in [3.8, 4) is 0 Å². The highest BCUT2D eigenvalue weighted by Crippen LogP contribution is 2.33. The van der Waals surface area contributed by atoms with Gasteiger partial charge in [0, 0.05) is 24.8 Å². The van der Waals surface area contributed by atoms with Crippen molar-refractivity contribution < 1.29 is 0 Å². The lowest BCUT2D eigenvalue weighted by atomic mass is 10.2. The summed E-state index contributed by atoms with van der Waals surface area (Å²) in [7, 11) is 4.22. The van der Waals surface area contributed by atoms with Gasteiger partial charge in [-0.3, -0.25) is 0 Å². The van der Waals surface area contributed by atoms with Gasteiger partial charge in [0.1, 0.15) is 0 Å². The number of hydrogen-bond donors (Lipinski definition) is 1. The summed E-state index contributed by atoms with van der Waals surface area (Å²) in [5, 5.41) is 0.760. The van der Waals surface area contributed by atoms with Crippen LogP contribution in [-0.2, 0) is 0 Å². The van der Waals surface area contributed by atoms with Crippen molar-refractivity contribution in [1.29, 1.82) is 0 Å². The van der Waals surface area contributed by atoms with Crippen molar-refractivity contribution in [2.75, 3.05) is 37.8 Å². The number of rotatable bonds is 3. The maximum Gasteiger partial charge on any atom is 0.0660 e. The van der Waals surface area contributed by atoms with Crippen molar-refractivity contribution in [1.82, 2.24) is 4.90 Å². The fourth-order valence-electron chi connectivity index (χ4n) is 2.52. The third-order valence-corrected chi connectivity index (χ3v) is 3.54. The Morgan fingerprint density at radius 1 is 1.47 bits per heavy atom. The van der Waals surface area contributed by atoms with Crippen LogP contribution < -0.4 is 10.6 Å².